The minimum absolute atomic E-state index is 0. The monoisotopic (exact) mass is 302 g/mol. The lowest BCUT2D eigenvalue weighted by atomic mass is 10.1. The summed E-state index contributed by atoms with van der Waals surface area (Å²) in [5.41, 5.74) is 0.414. The second-order valence-electron chi connectivity index (χ2n) is 4.69. The largest absolute Gasteiger partial charge is 0.494 e. The van der Waals surface area contributed by atoms with Gasteiger partial charge in [0.25, 0.3) is 5.91 Å². The Balaban J connectivity index is 0.00000200. The number of methoxy groups -OCH3 is 1. The zero-order valence-electron chi connectivity index (χ0n) is 11.4. The van der Waals surface area contributed by atoms with Crippen LogP contribution in [0.5, 0.6) is 5.75 Å². The van der Waals surface area contributed by atoms with Crippen molar-refractivity contribution in [3.8, 4) is 5.75 Å². The number of carbonyl (C=O) groups is 1. The Kier molecular flexibility index (Phi) is 6.75. The number of halogens is 2. The van der Waals surface area contributed by atoms with Gasteiger partial charge in [-0.15, -0.1) is 12.4 Å². The van der Waals surface area contributed by atoms with Gasteiger partial charge in [-0.2, -0.15) is 0 Å². The van der Waals surface area contributed by atoms with E-state index >= 15 is 0 Å². The minimum atomic E-state index is -0.464. The molecule has 20 heavy (non-hydrogen) atoms. The molecule has 6 heteroatoms. The topological polar surface area (TPSA) is 50.4 Å². The van der Waals surface area contributed by atoms with E-state index in [1.165, 1.54) is 38.2 Å². The molecule has 0 bridgehead atoms. The van der Waals surface area contributed by atoms with Crippen LogP contribution in [0, 0.1) is 5.82 Å². The lowest BCUT2D eigenvalue weighted by molar-refractivity contribution is 0.0952. The van der Waals surface area contributed by atoms with E-state index in [0.29, 0.717) is 18.2 Å². The number of rotatable bonds is 5. The molecule has 0 aliphatic carbocycles. The maximum atomic E-state index is 13.2. The molecule has 1 atom stereocenters. The van der Waals surface area contributed by atoms with Crippen molar-refractivity contribution in [3.05, 3.63) is 29.6 Å². The molecule has 1 amide bonds. The maximum Gasteiger partial charge on any atom is 0.251 e. The van der Waals surface area contributed by atoms with Crippen LogP contribution in [0.2, 0.25) is 0 Å². The average molecular weight is 303 g/mol. The lowest BCUT2D eigenvalue weighted by Crippen LogP contribution is -2.30. The van der Waals surface area contributed by atoms with Crippen LogP contribution in [-0.4, -0.2) is 32.1 Å². The smallest absolute Gasteiger partial charge is 0.251 e. The first kappa shape index (κ1) is 16.7. The summed E-state index contributed by atoms with van der Waals surface area (Å²) < 4.78 is 18.1. The quantitative estimate of drug-likeness (QED) is 0.876. The van der Waals surface area contributed by atoms with Crippen molar-refractivity contribution >= 4 is 18.3 Å². The van der Waals surface area contributed by atoms with Crippen LogP contribution in [0.25, 0.3) is 0 Å². The van der Waals surface area contributed by atoms with Gasteiger partial charge in [-0.25, -0.2) is 4.39 Å². The molecule has 1 aliphatic heterocycles. The maximum absolute atomic E-state index is 13.2. The van der Waals surface area contributed by atoms with Crippen molar-refractivity contribution < 1.29 is 13.9 Å². The summed E-state index contributed by atoms with van der Waals surface area (Å²) in [4.78, 5) is 11.9. The van der Waals surface area contributed by atoms with E-state index in [4.69, 9.17) is 4.74 Å². The van der Waals surface area contributed by atoms with Crippen LogP contribution in [0.4, 0.5) is 4.39 Å². The molecule has 0 saturated carbocycles. The molecule has 1 heterocycles. The van der Waals surface area contributed by atoms with Crippen molar-refractivity contribution in [2.24, 2.45) is 0 Å². The molecule has 4 nitrogen and oxygen atoms in total. The van der Waals surface area contributed by atoms with Crippen LogP contribution < -0.4 is 15.4 Å². The summed E-state index contributed by atoms with van der Waals surface area (Å²) in [5.74, 6) is -0.574. The van der Waals surface area contributed by atoms with Crippen molar-refractivity contribution in [1.82, 2.24) is 10.6 Å². The standard InChI is InChI=1S/C14H19FN2O2.ClH/c1-19-13-9-10(4-5-12(13)15)14(18)17-8-6-11-3-2-7-16-11;/h4-5,9,11,16H,2-3,6-8H2,1H3,(H,17,18);1H/t11-;/m1./s1. The molecule has 1 fully saturated rings. The van der Waals surface area contributed by atoms with Gasteiger partial charge in [-0.05, 0) is 44.0 Å². The zero-order valence-corrected chi connectivity index (χ0v) is 12.3. The Labute approximate surface area is 124 Å². The van der Waals surface area contributed by atoms with Crippen molar-refractivity contribution in [2.45, 2.75) is 25.3 Å². The van der Waals surface area contributed by atoms with Gasteiger partial charge in [-0.3, -0.25) is 4.79 Å². The second kappa shape index (κ2) is 8.07. The molecule has 0 radical (unpaired) electrons. The molecular formula is C14H20ClFN2O2. The molecule has 1 aromatic carbocycles. The van der Waals surface area contributed by atoms with Crippen LogP contribution in [0.15, 0.2) is 18.2 Å². The van der Waals surface area contributed by atoms with Gasteiger partial charge in [0, 0.05) is 18.2 Å². The van der Waals surface area contributed by atoms with E-state index < -0.39 is 5.82 Å². The van der Waals surface area contributed by atoms with Crippen LogP contribution in [0.1, 0.15) is 29.6 Å². The van der Waals surface area contributed by atoms with E-state index in [1.807, 2.05) is 0 Å². The number of amides is 1. The average Bonchev–Trinajstić information content (AvgIpc) is 2.92. The number of hydrogen-bond acceptors (Lipinski definition) is 3. The number of ether oxygens (including phenoxy) is 1. The highest BCUT2D eigenvalue weighted by atomic mass is 35.5. The fraction of sp³-hybridized carbons (Fsp3) is 0.500. The van der Waals surface area contributed by atoms with E-state index in [2.05, 4.69) is 10.6 Å². The minimum Gasteiger partial charge on any atom is -0.494 e. The Hall–Kier alpha value is -1.33. The third-order valence-electron chi connectivity index (χ3n) is 3.35. The highest BCUT2D eigenvalue weighted by Crippen LogP contribution is 2.18. The van der Waals surface area contributed by atoms with E-state index in [-0.39, 0.29) is 24.1 Å². The summed E-state index contributed by atoms with van der Waals surface area (Å²) in [7, 11) is 1.38. The number of nitrogens with one attached hydrogen (secondary N) is 2. The summed E-state index contributed by atoms with van der Waals surface area (Å²) >= 11 is 0. The van der Waals surface area contributed by atoms with Gasteiger partial charge in [0.2, 0.25) is 0 Å². The third-order valence-corrected chi connectivity index (χ3v) is 3.35. The Bertz CT molecular complexity index is 451. The molecule has 0 unspecified atom stereocenters. The molecule has 0 aromatic heterocycles. The van der Waals surface area contributed by atoms with Crippen molar-refractivity contribution in [2.75, 3.05) is 20.2 Å². The molecule has 1 saturated heterocycles. The van der Waals surface area contributed by atoms with Crippen molar-refractivity contribution in [3.63, 3.8) is 0 Å². The highest BCUT2D eigenvalue weighted by molar-refractivity contribution is 5.94. The Morgan fingerprint density at radius 3 is 3.00 bits per heavy atom. The molecular weight excluding hydrogens is 283 g/mol. The fourth-order valence-electron chi connectivity index (χ4n) is 2.27. The van der Waals surface area contributed by atoms with Crippen LogP contribution >= 0.6 is 12.4 Å². The number of hydrogen-bond donors (Lipinski definition) is 2. The van der Waals surface area contributed by atoms with Crippen LogP contribution in [-0.2, 0) is 0 Å². The zero-order chi connectivity index (χ0) is 13.7. The first-order valence-electron chi connectivity index (χ1n) is 6.56. The lowest BCUT2D eigenvalue weighted by Gasteiger charge is -2.11. The molecule has 0 spiro atoms. The molecule has 1 aromatic rings. The third kappa shape index (κ3) is 4.35. The summed E-state index contributed by atoms with van der Waals surface area (Å²) in [6.07, 6.45) is 3.29. The summed E-state index contributed by atoms with van der Waals surface area (Å²) in [6, 6.07) is 4.62. The molecule has 2 N–H and O–H groups in total. The van der Waals surface area contributed by atoms with Gasteiger partial charge in [0.1, 0.15) is 0 Å². The van der Waals surface area contributed by atoms with E-state index in [0.717, 1.165) is 13.0 Å². The Morgan fingerprint density at radius 2 is 2.35 bits per heavy atom. The first-order chi connectivity index (χ1) is 9.20. The van der Waals surface area contributed by atoms with Gasteiger partial charge in [0.15, 0.2) is 11.6 Å². The molecule has 2 rings (SSSR count). The van der Waals surface area contributed by atoms with Crippen LogP contribution in [0.3, 0.4) is 0 Å². The van der Waals surface area contributed by atoms with Gasteiger partial charge >= 0.3 is 0 Å². The van der Waals surface area contributed by atoms with Gasteiger partial charge in [0.05, 0.1) is 7.11 Å². The van der Waals surface area contributed by atoms with Gasteiger partial charge in [-0.1, -0.05) is 0 Å². The predicted octanol–water partition coefficient (Wildman–Crippen LogP) is 2.13. The second-order valence-corrected chi connectivity index (χ2v) is 4.69. The normalized spacial score (nSPS) is 17.4. The van der Waals surface area contributed by atoms with E-state index in [9.17, 15) is 9.18 Å². The summed E-state index contributed by atoms with van der Waals surface area (Å²) in [5, 5.41) is 6.21. The number of carbonyl (C=O) groups excluding carboxylic acids is 1. The first-order valence-corrected chi connectivity index (χ1v) is 6.56. The molecule has 112 valence electrons. The summed E-state index contributed by atoms with van der Waals surface area (Å²) in [6.45, 7) is 1.68. The van der Waals surface area contributed by atoms with E-state index in [1.54, 1.807) is 0 Å². The predicted molar refractivity (Wildman–Crippen MR) is 78.2 cm³/mol. The van der Waals surface area contributed by atoms with Gasteiger partial charge < -0.3 is 15.4 Å². The molecule has 1 aliphatic rings. The highest BCUT2D eigenvalue weighted by Gasteiger charge is 2.14. The fourth-order valence-corrected chi connectivity index (χ4v) is 2.27. The Morgan fingerprint density at radius 1 is 1.55 bits per heavy atom. The van der Waals surface area contributed by atoms with Crippen molar-refractivity contribution in [1.29, 1.82) is 0 Å². The number of benzene rings is 1. The SMILES string of the molecule is COc1cc(C(=O)NCC[C@H]2CCCN2)ccc1F.Cl.